The zero-order chi connectivity index (χ0) is 13.1. The van der Waals surface area contributed by atoms with Crippen LogP contribution in [0.1, 0.15) is 6.42 Å². The van der Waals surface area contributed by atoms with Crippen molar-refractivity contribution in [1.29, 1.82) is 0 Å². The van der Waals surface area contributed by atoms with Gasteiger partial charge in [-0.15, -0.1) is 0 Å². The maximum atomic E-state index is 12.1. The molecule has 2 fully saturated rings. The summed E-state index contributed by atoms with van der Waals surface area (Å²) in [7, 11) is 1.28. The van der Waals surface area contributed by atoms with Gasteiger partial charge >= 0.3 is 5.97 Å². The Morgan fingerprint density at radius 2 is 2.28 bits per heavy atom. The summed E-state index contributed by atoms with van der Waals surface area (Å²) in [5, 5.41) is 2.63. The highest BCUT2D eigenvalue weighted by Crippen LogP contribution is 2.16. The summed E-state index contributed by atoms with van der Waals surface area (Å²) in [6.07, 6.45) is -0.503. The maximum absolute atomic E-state index is 12.1. The number of methoxy groups -OCH3 is 1. The largest absolute Gasteiger partial charge is 0.467 e. The summed E-state index contributed by atoms with van der Waals surface area (Å²) in [5.41, 5.74) is 0. The second-order valence-corrected chi connectivity index (χ2v) is 4.37. The van der Waals surface area contributed by atoms with E-state index in [1.165, 1.54) is 7.11 Å². The topological polar surface area (TPSA) is 84.9 Å². The van der Waals surface area contributed by atoms with Crippen LogP contribution in [-0.4, -0.2) is 62.1 Å². The molecule has 2 unspecified atom stereocenters. The van der Waals surface area contributed by atoms with Crippen molar-refractivity contribution in [3.05, 3.63) is 0 Å². The van der Waals surface area contributed by atoms with Gasteiger partial charge in [-0.1, -0.05) is 0 Å². The highest BCUT2D eigenvalue weighted by Gasteiger charge is 2.35. The average molecular weight is 256 g/mol. The summed E-state index contributed by atoms with van der Waals surface area (Å²) in [4.78, 5) is 36.1. The fraction of sp³-hybridized carbons (Fsp3) is 0.727. The normalized spacial score (nSPS) is 27.8. The Morgan fingerprint density at radius 1 is 1.50 bits per heavy atom. The van der Waals surface area contributed by atoms with Crippen LogP contribution in [0.15, 0.2) is 0 Å². The summed E-state index contributed by atoms with van der Waals surface area (Å²) < 4.78 is 9.84. The number of hydrogen-bond donors (Lipinski definition) is 1. The lowest BCUT2D eigenvalue weighted by atomic mass is 10.1. The molecular formula is C11H16N2O5. The minimum atomic E-state index is -0.724. The second-order valence-electron chi connectivity index (χ2n) is 4.37. The number of hydrogen-bond acceptors (Lipinski definition) is 5. The van der Waals surface area contributed by atoms with Gasteiger partial charge in [-0.2, -0.15) is 0 Å². The van der Waals surface area contributed by atoms with Crippen molar-refractivity contribution in [2.75, 3.05) is 33.4 Å². The van der Waals surface area contributed by atoms with Gasteiger partial charge in [0.25, 0.3) is 0 Å². The molecule has 2 aliphatic rings. The minimum Gasteiger partial charge on any atom is -0.467 e. The molecule has 2 atom stereocenters. The van der Waals surface area contributed by atoms with Crippen LogP contribution in [0.4, 0.5) is 0 Å². The molecule has 0 bridgehead atoms. The zero-order valence-corrected chi connectivity index (χ0v) is 10.2. The van der Waals surface area contributed by atoms with Crippen LogP contribution in [0, 0.1) is 5.92 Å². The van der Waals surface area contributed by atoms with E-state index in [1.54, 1.807) is 4.90 Å². The molecule has 2 heterocycles. The van der Waals surface area contributed by atoms with Crippen LogP contribution in [0.25, 0.3) is 0 Å². The first-order chi connectivity index (χ1) is 8.61. The van der Waals surface area contributed by atoms with Crippen LogP contribution < -0.4 is 5.32 Å². The molecule has 18 heavy (non-hydrogen) atoms. The number of morpholine rings is 1. The number of carbonyl (C=O) groups is 3. The van der Waals surface area contributed by atoms with E-state index < -0.39 is 12.1 Å². The Bertz CT molecular complexity index is 370. The van der Waals surface area contributed by atoms with Crippen LogP contribution in [0.2, 0.25) is 0 Å². The monoisotopic (exact) mass is 256 g/mol. The van der Waals surface area contributed by atoms with Gasteiger partial charge in [0.05, 0.1) is 26.2 Å². The molecule has 0 aliphatic carbocycles. The van der Waals surface area contributed by atoms with Gasteiger partial charge in [0, 0.05) is 19.5 Å². The van der Waals surface area contributed by atoms with E-state index in [0.717, 1.165) is 0 Å². The highest BCUT2D eigenvalue weighted by atomic mass is 16.6. The molecule has 1 N–H and O–H groups in total. The zero-order valence-electron chi connectivity index (χ0n) is 10.2. The van der Waals surface area contributed by atoms with E-state index >= 15 is 0 Å². The van der Waals surface area contributed by atoms with Crippen LogP contribution in [0.3, 0.4) is 0 Å². The maximum Gasteiger partial charge on any atom is 0.336 e. The SMILES string of the molecule is COC(=O)C1CN(C(=O)C2CNC(=O)C2)CCO1. The van der Waals surface area contributed by atoms with Gasteiger partial charge in [0.2, 0.25) is 11.8 Å². The molecule has 2 rings (SSSR count). The molecule has 7 heteroatoms. The fourth-order valence-electron chi connectivity index (χ4n) is 2.16. The lowest BCUT2D eigenvalue weighted by Gasteiger charge is -2.32. The Kier molecular flexibility index (Phi) is 3.81. The molecule has 0 aromatic carbocycles. The number of rotatable bonds is 2. The van der Waals surface area contributed by atoms with Crippen LogP contribution in [0.5, 0.6) is 0 Å². The van der Waals surface area contributed by atoms with Gasteiger partial charge in [0.1, 0.15) is 0 Å². The van der Waals surface area contributed by atoms with Crippen molar-refractivity contribution in [3.63, 3.8) is 0 Å². The molecule has 2 saturated heterocycles. The van der Waals surface area contributed by atoms with Gasteiger partial charge in [-0.25, -0.2) is 4.79 Å². The molecule has 2 aliphatic heterocycles. The Balaban J connectivity index is 1.94. The van der Waals surface area contributed by atoms with Crippen molar-refractivity contribution in [1.82, 2.24) is 10.2 Å². The molecule has 0 aromatic heterocycles. The van der Waals surface area contributed by atoms with Crippen molar-refractivity contribution < 1.29 is 23.9 Å². The lowest BCUT2D eigenvalue weighted by Crippen LogP contribution is -2.50. The minimum absolute atomic E-state index is 0.105. The van der Waals surface area contributed by atoms with Gasteiger partial charge < -0.3 is 19.7 Å². The first-order valence-electron chi connectivity index (χ1n) is 5.86. The predicted octanol–water partition coefficient (Wildman–Crippen LogP) is -1.48. The first kappa shape index (κ1) is 12.8. The van der Waals surface area contributed by atoms with E-state index in [4.69, 9.17) is 4.74 Å². The molecule has 7 nitrogen and oxygen atoms in total. The highest BCUT2D eigenvalue weighted by molar-refractivity contribution is 5.89. The molecule has 0 aromatic rings. The predicted molar refractivity (Wildman–Crippen MR) is 59.5 cm³/mol. The number of carbonyl (C=O) groups excluding carboxylic acids is 3. The number of ether oxygens (including phenoxy) is 2. The Labute approximate surface area is 104 Å². The van der Waals surface area contributed by atoms with Gasteiger partial charge in [-0.05, 0) is 0 Å². The standard InChI is InChI=1S/C11H16N2O5/c1-17-11(16)8-6-13(2-3-18-8)10(15)7-4-9(14)12-5-7/h7-8H,2-6H2,1H3,(H,12,14). The fourth-order valence-corrected chi connectivity index (χ4v) is 2.16. The van der Waals surface area contributed by atoms with E-state index in [2.05, 4.69) is 10.1 Å². The molecule has 100 valence electrons. The molecule has 0 saturated carbocycles. The van der Waals surface area contributed by atoms with E-state index in [1.807, 2.05) is 0 Å². The third kappa shape index (κ3) is 2.61. The van der Waals surface area contributed by atoms with E-state index in [9.17, 15) is 14.4 Å². The number of nitrogens with zero attached hydrogens (tertiary/aromatic N) is 1. The summed E-state index contributed by atoms with van der Waals surface area (Å²) in [6.45, 7) is 1.31. The molecule has 0 radical (unpaired) electrons. The third-order valence-corrected chi connectivity index (χ3v) is 3.17. The van der Waals surface area contributed by atoms with E-state index in [-0.39, 0.29) is 30.7 Å². The van der Waals surface area contributed by atoms with Crippen molar-refractivity contribution in [3.8, 4) is 0 Å². The number of amides is 2. The molecule has 2 amide bonds. The van der Waals surface area contributed by atoms with Crippen molar-refractivity contribution in [2.45, 2.75) is 12.5 Å². The van der Waals surface area contributed by atoms with Gasteiger partial charge in [0.15, 0.2) is 6.10 Å². The summed E-state index contributed by atoms with van der Waals surface area (Å²) in [5.74, 6) is -1.02. The number of nitrogens with one attached hydrogen (secondary N) is 1. The first-order valence-corrected chi connectivity index (χ1v) is 5.86. The molecule has 0 spiro atoms. The van der Waals surface area contributed by atoms with Gasteiger partial charge in [-0.3, -0.25) is 9.59 Å². The van der Waals surface area contributed by atoms with Crippen LogP contribution in [-0.2, 0) is 23.9 Å². The smallest absolute Gasteiger partial charge is 0.336 e. The third-order valence-electron chi connectivity index (χ3n) is 3.17. The van der Waals surface area contributed by atoms with Crippen LogP contribution >= 0.6 is 0 Å². The summed E-state index contributed by atoms with van der Waals surface area (Å²) >= 11 is 0. The Hall–Kier alpha value is -1.63. The van der Waals surface area contributed by atoms with E-state index in [0.29, 0.717) is 19.7 Å². The second kappa shape index (κ2) is 5.34. The Morgan fingerprint density at radius 3 is 2.89 bits per heavy atom. The lowest BCUT2D eigenvalue weighted by molar-refractivity contribution is -0.163. The van der Waals surface area contributed by atoms with Crippen molar-refractivity contribution in [2.24, 2.45) is 5.92 Å². The quantitative estimate of drug-likeness (QED) is 0.609. The molecular weight excluding hydrogens is 240 g/mol. The number of esters is 1. The van der Waals surface area contributed by atoms with Crippen molar-refractivity contribution >= 4 is 17.8 Å². The average Bonchev–Trinajstić information content (AvgIpc) is 2.83. The summed E-state index contributed by atoms with van der Waals surface area (Å²) in [6, 6.07) is 0.